The van der Waals surface area contributed by atoms with Crippen molar-refractivity contribution in [2.24, 2.45) is 0 Å². The molecule has 0 atom stereocenters. The highest BCUT2D eigenvalue weighted by Crippen LogP contribution is 2.28. The number of rotatable bonds is 10. The maximum absolute atomic E-state index is 13.2. The Balaban J connectivity index is 1.77. The molecule has 3 rings (SSSR count). The molecule has 0 radical (unpaired) electrons. The first-order valence-corrected chi connectivity index (χ1v) is 11.6. The van der Waals surface area contributed by atoms with Gasteiger partial charge in [0, 0.05) is 24.2 Å². The molecular formula is C22H24FN3O5S. The van der Waals surface area contributed by atoms with Crippen LogP contribution in [0.5, 0.6) is 11.5 Å². The highest BCUT2D eigenvalue weighted by Gasteiger charge is 2.21. The lowest BCUT2D eigenvalue weighted by Crippen LogP contribution is -2.32. The lowest BCUT2D eigenvalue weighted by molar-refractivity contribution is 0.322. The molecule has 0 amide bonds. The number of hydrogen-bond acceptors (Lipinski definition) is 6. The second-order valence-corrected chi connectivity index (χ2v) is 8.39. The van der Waals surface area contributed by atoms with E-state index in [1.165, 1.54) is 30.3 Å². The monoisotopic (exact) mass is 461 g/mol. The molecule has 1 N–H and O–H groups in total. The first-order chi connectivity index (χ1) is 15.3. The van der Waals surface area contributed by atoms with Gasteiger partial charge < -0.3 is 9.47 Å². The Morgan fingerprint density at radius 2 is 1.72 bits per heavy atom. The van der Waals surface area contributed by atoms with Gasteiger partial charge in [0.25, 0.3) is 5.56 Å². The van der Waals surface area contributed by atoms with E-state index in [1.54, 1.807) is 38.1 Å². The molecule has 0 saturated heterocycles. The Morgan fingerprint density at radius 1 is 1.00 bits per heavy atom. The third-order valence-electron chi connectivity index (χ3n) is 4.44. The van der Waals surface area contributed by atoms with Gasteiger partial charge in [-0.1, -0.05) is 0 Å². The summed E-state index contributed by atoms with van der Waals surface area (Å²) in [5, 5.41) is 4.25. The van der Waals surface area contributed by atoms with Crippen LogP contribution in [0, 0.1) is 5.82 Å². The van der Waals surface area contributed by atoms with E-state index < -0.39 is 10.0 Å². The summed E-state index contributed by atoms with van der Waals surface area (Å²) >= 11 is 0. The summed E-state index contributed by atoms with van der Waals surface area (Å²) < 4.78 is 53.4. The molecule has 0 unspecified atom stereocenters. The van der Waals surface area contributed by atoms with Crippen molar-refractivity contribution in [3.63, 3.8) is 0 Å². The van der Waals surface area contributed by atoms with E-state index in [2.05, 4.69) is 9.82 Å². The van der Waals surface area contributed by atoms with Gasteiger partial charge >= 0.3 is 0 Å². The predicted octanol–water partition coefficient (Wildman–Crippen LogP) is 2.83. The van der Waals surface area contributed by atoms with Gasteiger partial charge in [0.15, 0.2) is 0 Å². The fourth-order valence-corrected chi connectivity index (χ4v) is 4.16. The van der Waals surface area contributed by atoms with E-state index >= 15 is 0 Å². The normalized spacial score (nSPS) is 11.3. The molecule has 1 heterocycles. The molecule has 0 fully saturated rings. The van der Waals surface area contributed by atoms with Gasteiger partial charge in [0.1, 0.15) is 22.2 Å². The molecule has 0 aliphatic rings. The molecule has 0 aliphatic heterocycles. The maximum atomic E-state index is 13.2. The van der Waals surface area contributed by atoms with Crippen LogP contribution in [0.3, 0.4) is 0 Å². The van der Waals surface area contributed by atoms with Crippen LogP contribution >= 0.6 is 0 Å². The third-order valence-corrected chi connectivity index (χ3v) is 5.92. The molecule has 10 heteroatoms. The number of sulfonamides is 1. The van der Waals surface area contributed by atoms with Crippen LogP contribution in [-0.4, -0.2) is 38.0 Å². The molecule has 170 valence electrons. The van der Waals surface area contributed by atoms with Crippen LogP contribution in [0.4, 0.5) is 4.39 Å². The molecule has 32 heavy (non-hydrogen) atoms. The molecule has 2 aromatic carbocycles. The van der Waals surface area contributed by atoms with E-state index in [9.17, 15) is 17.6 Å². The highest BCUT2D eigenvalue weighted by molar-refractivity contribution is 7.89. The summed E-state index contributed by atoms with van der Waals surface area (Å²) in [6, 6.07) is 13.1. The van der Waals surface area contributed by atoms with Crippen LogP contribution in [0.2, 0.25) is 0 Å². The minimum absolute atomic E-state index is 0.00220. The standard InChI is InChI=1S/C22H24FN3O5S/c1-3-30-18-9-11-20(31-4-2)21(15-18)32(28,29)24-13-14-26-22(27)12-10-19(25-26)16-5-7-17(23)8-6-16/h5-12,15,24H,3-4,13-14H2,1-2H3. The van der Waals surface area contributed by atoms with Gasteiger partial charge in [-0.15, -0.1) is 0 Å². The Hall–Kier alpha value is -3.24. The van der Waals surface area contributed by atoms with Crippen molar-refractivity contribution < 1.29 is 22.3 Å². The van der Waals surface area contributed by atoms with Crippen molar-refractivity contribution in [3.05, 3.63) is 70.8 Å². The Bertz CT molecular complexity index is 1230. The molecule has 0 saturated carbocycles. The van der Waals surface area contributed by atoms with Crippen molar-refractivity contribution in [1.82, 2.24) is 14.5 Å². The second-order valence-electron chi connectivity index (χ2n) is 6.66. The summed E-state index contributed by atoms with van der Waals surface area (Å²) in [6.45, 7) is 4.17. The molecule has 3 aromatic rings. The third kappa shape index (κ3) is 5.71. The Labute approximate surface area is 185 Å². The van der Waals surface area contributed by atoms with Gasteiger partial charge in [-0.25, -0.2) is 22.2 Å². The zero-order valence-corrected chi connectivity index (χ0v) is 18.6. The number of nitrogens with one attached hydrogen (secondary N) is 1. The summed E-state index contributed by atoms with van der Waals surface area (Å²) in [5.41, 5.74) is 0.716. The van der Waals surface area contributed by atoms with Crippen LogP contribution < -0.4 is 19.8 Å². The number of aromatic nitrogens is 2. The van der Waals surface area contributed by atoms with Gasteiger partial charge in [-0.05, 0) is 56.3 Å². The van der Waals surface area contributed by atoms with Crippen molar-refractivity contribution in [2.75, 3.05) is 19.8 Å². The maximum Gasteiger partial charge on any atom is 0.266 e. The minimum atomic E-state index is -3.94. The smallest absolute Gasteiger partial charge is 0.266 e. The first kappa shape index (κ1) is 23.4. The van der Waals surface area contributed by atoms with Crippen LogP contribution in [-0.2, 0) is 16.6 Å². The summed E-state index contributed by atoms with van der Waals surface area (Å²) in [6.07, 6.45) is 0. The number of ether oxygens (including phenoxy) is 2. The van der Waals surface area contributed by atoms with Crippen molar-refractivity contribution in [1.29, 1.82) is 0 Å². The van der Waals surface area contributed by atoms with E-state index in [1.807, 2.05) is 0 Å². The fourth-order valence-electron chi connectivity index (χ4n) is 2.98. The van der Waals surface area contributed by atoms with Gasteiger partial charge in [-0.2, -0.15) is 5.10 Å². The highest BCUT2D eigenvalue weighted by atomic mass is 32.2. The van der Waals surface area contributed by atoms with Gasteiger partial charge in [0.05, 0.1) is 25.5 Å². The van der Waals surface area contributed by atoms with E-state index in [-0.39, 0.29) is 35.1 Å². The van der Waals surface area contributed by atoms with Crippen molar-refractivity contribution in [3.8, 4) is 22.8 Å². The largest absolute Gasteiger partial charge is 0.494 e. The fraction of sp³-hybridized carbons (Fsp3) is 0.273. The van der Waals surface area contributed by atoms with Gasteiger partial charge in [0.2, 0.25) is 10.0 Å². The number of benzene rings is 2. The molecular weight excluding hydrogens is 437 g/mol. The minimum Gasteiger partial charge on any atom is -0.494 e. The molecule has 1 aromatic heterocycles. The van der Waals surface area contributed by atoms with E-state index in [0.29, 0.717) is 30.2 Å². The zero-order valence-electron chi connectivity index (χ0n) is 17.7. The topological polar surface area (TPSA) is 99.5 Å². The summed E-state index contributed by atoms with van der Waals surface area (Å²) in [7, 11) is -3.94. The Morgan fingerprint density at radius 3 is 2.41 bits per heavy atom. The number of halogens is 1. The predicted molar refractivity (Wildman–Crippen MR) is 118 cm³/mol. The van der Waals surface area contributed by atoms with Crippen molar-refractivity contribution >= 4 is 10.0 Å². The molecule has 0 aliphatic carbocycles. The number of hydrogen-bond donors (Lipinski definition) is 1. The van der Waals surface area contributed by atoms with Crippen LogP contribution in [0.25, 0.3) is 11.3 Å². The summed E-state index contributed by atoms with van der Waals surface area (Å²) in [4.78, 5) is 12.1. The summed E-state index contributed by atoms with van der Waals surface area (Å²) in [5.74, 6) is 0.231. The molecule has 0 bridgehead atoms. The lowest BCUT2D eigenvalue weighted by Gasteiger charge is -2.14. The van der Waals surface area contributed by atoms with E-state index in [0.717, 1.165) is 4.68 Å². The molecule has 8 nitrogen and oxygen atoms in total. The second kappa shape index (κ2) is 10.4. The van der Waals surface area contributed by atoms with E-state index in [4.69, 9.17) is 9.47 Å². The lowest BCUT2D eigenvalue weighted by atomic mass is 10.1. The average molecular weight is 462 g/mol. The quantitative estimate of drug-likeness (QED) is 0.499. The Kier molecular flexibility index (Phi) is 7.60. The zero-order chi connectivity index (χ0) is 23.1. The number of nitrogens with zero attached hydrogens (tertiary/aromatic N) is 2. The van der Waals surface area contributed by atoms with Crippen molar-refractivity contribution in [2.45, 2.75) is 25.3 Å². The van der Waals surface area contributed by atoms with Crippen LogP contribution in [0.1, 0.15) is 13.8 Å². The average Bonchev–Trinajstić information content (AvgIpc) is 2.77. The van der Waals surface area contributed by atoms with Crippen LogP contribution in [0.15, 0.2) is 64.3 Å². The SMILES string of the molecule is CCOc1ccc(OCC)c(S(=O)(=O)NCCn2nc(-c3ccc(F)cc3)ccc2=O)c1. The first-order valence-electron chi connectivity index (χ1n) is 10.1. The van der Waals surface area contributed by atoms with Gasteiger partial charge in [-0.3, -0.25) is 4.79 Å². The molecule has 0 spiro atoms.